The van der Waals surface area contributed by atoms with Crippen molar-refractivity contribution in [2.45, 2.75) is 33.6 Å². The van der Waals surface area contributed by atoms with Gasteiger partial charge in [0.15, 0.2) is 0 Å². The van der Waals surface area contributed by atoms with Crippen LogP contribution >= 0.6 is 0 Å². The molecule has 0 aliphatic rings. The predicted molar refractivity (Wildman–Crippen MR) is 69.3 cm³/mol. The highest BCUT2D eigenvalue weighted by Crippen LogP contribution is 2.24. The van der Waals surface area contributed by atoms with Crippen LogP contribution in [-0.4, -0.2) is 36.7 Å². The first-order chi connectivity index (χ1) is 8.23. The lowest BCUT2D eigenvalue weighted by atomic mass is 9.85. The van der Waals surface area contributed by atoms with E-state index in [1.807, 2.05) is 6.92 Å². The minimum Gasteiger partial charge on any atom is -0.481 e. The molecule has 0 bridgehead atoms. The molecule has 0 heterocycles. The number of hydrogen-bond donors (Lipinski definition) is 2. The van der Waals surface area contributed by atoms with E-state index in [0.717, 1.165) is 5.57 Å². The molecule has 0 saturated carbocycles. The van der Waals surface area contributed by atoms with Gasteiger partial charge in [0, 0.05) is 13.0 Å². The second-order valence-corrected chi connectivity index (χ2v) is 5.27. The molecular weight excluding hydrogens is 234 g/mol. The maximum absolute atomic E-state index is 11.6. The third-order valence-electron chi connectivity index (χ3n) is 2.19. The van der Waals surface area contributed by atoms with Gasteiger partial charge in [-0.1, -0.05) is 26.0 Å². The number of carboxylic acids is 1. The van der Waals surface area contributed by atoms with Gasteiger partial charge >= 0.3 is 5.97 Å². The average molecular weight is 257 g/mol. The molecule has 0 rings (SSSR count). The van der Waals surface area contributed by atoms with Crippen LogP contribution in [0.5, 0.6) is 0 Å². The third-order valence-corrected chi connectivity index (χ3v) is 2.19. The first kappa shape index (κ1) is 16.6. The molecule has 0 aromatic heterocycles. The van der Waals surface area contributed by atoms with E-state index in [1.54, 1.807) is 13.8 Å². The smallest absolute Gasteiger partial charge is 0.303 e. The van der Waals surface area contributed by atoms with E-state index in [1.165, 1.54) is 0 Å². The summed E-state index contributed by atoms with van der Waals surface area (Å²) in [6.07, 6.45) is 0.173. The lowest BCUT2D eigenvalue weighted by molar-refractivity contribution is -0.139. The molecule has 0 spiro atoms. The second kappa shape index (κ2) is 7.87. The molecule has 0 atom stereocenters. The highest BCUT2D eigenvalue weighted by Gasteiger charge is 2.24. The average Bonchev–Trinajstić information content (AvgIpc) is 2.13. The standard InChI is InChI=1S/C13H23NO4/c1-10(2)9-18-6-5-14-11(15)7-13(3,4)8-12(16)17/h1,5-9H2,2-4H3,(H,14,15)(H,16,17). The van der Waals surface area contributed by atoms with Crippen LogP contribution in [0.2, 0.25) is 0 Å². The minimum atomic E-state index is -0.891. The van der Waals surface area contributed by atoms with Crippen molar-refractivity contribution < 1.29 is 19.4 Å². The molecule has 0 aliphatic heterocycles. The zero-order valence-corrected chi connectivity index (χ0v) is 11.4. The SMILES string of the molecule is C=C(C)COCCNC(=O)CC(C)(C)CC(=O)O. The molecule has 0 aromatic rings. The zero-order chi connectivity index (χ0) is 14.2. The monoisotopic (exact) mass is 257 g/mol. The van der Waals surface area contributed by atoms with Crippen molar-refractivity contribution >= 4 is 11.9 Å². The molecule has 18 heavy (non-hydrogen) atoms. The highest BCUT2D eigenvalue weighted by atomic mass is 16.5. The molecule has 0 saturated heterocycles. The van der Waals surface area contributed by atoms with Crippen LogP contribution in [-0.2, 0) is 14.3 Å². The minimum absolute atomic E-state index is 0.0213. The van der Waals surface area contributed by atoms with Crippen LogP contribution in [0.3, 0.4) is 0 Å². The number of carboxylic acid groups (broad SMARTS) is 1. The van der Waals surface area contributed by atoms with E-state index in [9.17, 15) is 9.59 Å². The van der Waals surface area contributed by atoms with Gasteiger partial charge in [0.25, 0.3) is 0 Å². The van der Waals surface area contributed by atoms with Gasteiger partial charge in [-0.3, -0.25) is 9.59 Å². The predicted octanol–water partition coefficient (Wildman–Crippen LogP) is 1.59. The number of aliphatic carboxylic acids is 1. The van der Waals surface area contributed by atoms with E-state index in [4.69, 9.17) is 9.84 Å². The Kier molecular flexibility index (Phi) is 7.27. The summed E-state index contributed by atoms with van der Waals surface area (Å²) in [7, 11) is 0. The number of nitrogens with one attached hydrogen (secondary N) is 1. The Morgan fingerprint density at radius 2 is 1.94 bits per heavy atom. The molecule has 5 heteroatoms. The van der Waals surface area contributed by atoms with E-state index < -0.39 is 11.4 Å². The second-order valence-electron chi connectivity index (χ2n) is 5.27. The lowest BCUT2D eigenvalue weighted by Crippen LogP contribution is -2.32. The Morgan fingerprint density at radius 1 is 1.33 bits per heavy atom. The quantitative estimate of drug-likeness (QED) is 0.486. The Hall–Kier alpha value is -1.36. The van der Waals surface area contributed by atoms with Gasteiger partial charge < -0.3 is 15.2 Å². The Balaban J connectivity index is 3.77. The van der Waals surface area contributed by atoms with E-state index >= 15 is 0 Å². The fourth-order valence-corrected chi connectivity index (χ4v) is 1.48. The van der Waals surface area contributed by atoms with Gasteiger partial charge in [-0.2, -0.15) is 0 Å². The normalized spacial score (nSPS) is 11.1. The van der Waals surface area contributed by atoms with E-state index in [-0.39, 0.29) is 18.7 Å². The van der Waals surface area contributed by atoms with Gasteiger partial charge in [0.05, 0.1) is 19.6 Å². The summed E-state index contributed by atoms with van der Waals surface area (Å²) in [5, 5.41) is 11.4. The molecule has 0 aromatic carbocycles. The topological polar surface area (TPSA) is 75.6 Å². The number of amides is 1. The molecule has 0 aliphatic carbocycles. The largest absolute Gasteiger partial charge is 0.481 e. The molecule has 1 amide bonds. The van der Waals surface area contributed by atoms with Gasteiger partial charge in [0.1, 0.15) is 0 Å². The number of hydrogen-bond acceptors (Lipinski definition) is 3. The van der Waals surface area contributed by atoms with Crippen LogP contribution in [0.25, 0.3) is 0 Å². The maximum Gasteiger partial charge on any atom is 0.303 e. The molecule has 0 radical (unpaired) electrons. The van der Waals surface area contributed by atoms with Crippen LogP contribution in [0.15, 0.2) is 12.2 Å². The summed E-state index contributed by atoms with van der Waals surface area (Å²) in [5.41, 5.74) is 0.401. The number of rotatable bonds is 9. The van der Waals surface area contributed by atoms with Crippen molar-refractivity contribution in [1.82, 2.24) is 5.32 Å². The Bertz CT molecular complexity index is 310. The Morgan fingerprint density at radius 3 is 2.44 bits per heavy atom. The van der Waals surface area contributed by atoms with Crippen LogP contribution in [0.4, 0.5) is 0 Å². The summed E-state index contributed by atoms with van der Waals surface area (Å²) in [5.74, 6) is -1.04. The Labute approximate surface area is 108 Å². The summed E-state index contributed by atoms with van der Waals surface area (Å²) in [4.78, 5) is 22.2. The van der Waals surface area contributed by atoms with E-state index in [2.05, 4.69) is 11.9 Å². The van der Waals surface area contributed by atoms with Crippen LogP contribution in [0, 0.1) is 5.41 Å². The molecule has 0 unspecified atom stereocenters. The summed E-state index contributed by atoms with van der Waals surface area (Å²) < 4.78 is 5.23. The van der Waals surface area contributed by atoms with Gasteiger partial charge in [-0.15, -0.1) is 0 Å². The molecule has 0 fully saturated rings. The number of carbonyl (C=O) groups excluding carboxylic acids is 1. The first-order valence-corrected chi connectivity index (χ1v) is 5.93. The van der Waals surface area contributed by atoms with Crippen LogP contribution < -0.4 is 5.32 Å². The molecular formula is C13H23NO4. The third kappa shape index (κ3) is 9.84. The molecule has 104 valence electrons. The number of ether oxygens (including phenoxy) is 1. The lowest BCUT2D eigenvalue weighted by Gasteiger charge is -2.21. The van der Waals surface area contributed by atoms with Crippen molar-refractivity contribution in [3.05, 3.63) is 12.2 Å². The summed E-state index contributed by atoms with van der Waals surface area (Å²) in [6.45, 7) is 10.4. The van der Waals surface area contributed by atoms with Crippen molar-refractivity contribution in [1.29, 1.82) is 0 Å². The van der Waals surface area contributed by atoms with Gasteiger partial charge in [0.2, 0.25) is 5.91 Å². The summed E-state index contributed by atoms with van der Waals surface area (Å²) >= 11 is 0. The van der Waals surface area contributed by atoms with E-state index in [0.29, 0.717) is 19.8 Å². The van der Waals surface area contributed by atoms with Gasteiger partial charge in [-0.05, 0) is 12.3 Å². The first-order valence-electron chi connectivity index (χ1n) is 5.93. The van der Waals surface area contributed by atoms with Gasteiger partial charge in [-0.25, -0.2) is 0 Å². The van der Waals surface area contributed by atoms with Crippen molar-refractivity contribution in [2.75, 3.05) is 19.8 Å². The fourth-order valence-electron chi connectivity index (χ4n) is 1.48. The molecule has 5 nitrogen and oxygen atoms in total. The van der Waals surface area contributed by atoms with Crippen molar-refractivity contribution in [3.8, 4) is 0 Å². The zero-order valence-electron chi connectivity index (χ0n) is 11.4. The maximum atomic E-state index is 11.6. The fraction of sp³-hybridized carbons (Fsp3) is 0.692. The van der Waals surface area contributed by atoms with Crippen molar-refractivity contribution in [3.63, 3.8) is 0 Å². The molecule has 2 N–H and O–H groups in total. The highest BCUT2D eigenvalue weighted by molar-refractivity contribution is 5.77. The van der Waals surface area contributed by atoms with Crippen molar-refractivity contribution in [2.24, 2.45) is 5.41 Å². The van der Waals surface area contributed by atoms with Crippen LogP contribution in [0.1, 0.15) is 33.6 Å². The number of carbonyl (C=O) groups is 2. The summed E-state index contributed by atoms with van der Waals surface area (Å²) in [6, 6.07) is 0.